The lowest BCUT2D eigenvalue weighted by Crippen LogP contribution is -2.15. The maximum absolute atomic E-state index is 12.5. The molecule has 4 aromatic rings. The average Bonchev–Trinajstić information content (AvgIpc) is 3.43. The number of nitrogens with one attached hydrogen (secondary N) is 1. The molecule has 0 aliphatic carbocycles. The van der Waals surface area contributed by atoms with Gasteiger partial charge in [0.05, 0.1) is 11.4 Å². The Hall–Kier alpha value is -3.60. The summed E-state index contributed by atoms with van der Waals surface area (Å²) in [5, 5.41) is 13.6. The number of hydrogen-bond acceptors (Lipinski definition) is 6. The van der Waals surface area contributed by atoms with Crippen LogP contribution in [0.4, 0.5) is 13.9 Å². The molecule has 0 bridgehead atoms. The summed E-state index contributed by atoms with van der Waals surface area (Å²) in [6.07, 6.45) is 1.71. The van der Waals surface area contributed by atoms with E-state index in [1.54, 1.807) is 39.1 Å². The SMILES string of the molecule is Cc1cc(C)n(Cn2ccc(C(=O)Nc3nc(-c4ccc(OC(F)F)cc4)cs3)n2)n1. The molecule has 3 heterocycles. The van der Waals surface area contributed by atoms with Gasteiger partial charge in [-0.25, -0.2) is 9.67 Å². The first-order chi connectivity index (χ1) is 14.9. The molecule has 0 unspecified atom stereocenters. The van der Waals surface area contributed by atoms with Crippen LogP contribution in [0.3, 0.4) is 0 Å². The molecule has 1 N–H and O–H groups in total. The maximum Gasteiger partial charge on any atom is 0.387 e. The number of halogens is 2. The van der Waals surface area contributed by atoms with E-state index in [2.05, 4.69) is 25.2 Å². The Morgan fingerprint density at radius 1 is 1.19 bits per heavy atom. The van der Waals surface area contributed by atoms with Gasteiger partial charge in [-0.1, -0.05) is 0 Å². The topological polar surface area (TPSA) is 86.9 Å². The van der Waals surface area contributed by atoms with Gasteiger partial charge in [-0.05, 0) is 50.2 Å². The van der Waals surface area contributed by atoms with Crippen LogP contribution < -0.4 is 10.1 Å². The van der Waals surface area contributed by atoms with Gasteiger partial charge >= 0.3 is 6.61 Å². The van der Waals surface area contributed by atoms with Crippen LogP contribution in [0.15, 0.2) is 48.0 Å². The Bertz CT molecular complexity index is 1200. The number of aryl methyl sites for hydroxylation is 2. The number of nitrogens with zero attached hydrogens (tertiary/aromatic N) is 5. The molecule has 11 heteroatoms. The molecule has 0 aliphatic rings. The van der Waals surface area contributed by atoms with E-state index in [9.17, 15) is 13.6 Å². The van der Waals surface area contributed by atoms with E-state index in [1.165, 1.54) is 23.5 Å². The molecule has 3 aromatic heterocycles. The zero-order valence-corrected chi connectivity index (χ0v) is 17.4. The summed E-state index contributed by atoms with van der Waals surface area (Å²) >= 11 is 1.25. The van der Waals surface area contributed by atoms with Gasteiger partial charge in [-0.15, -0.1) is 11.3 Å². The summed E-state index contributed by atoms with van der Waals surface area (Å²) < 4.78 is 32.3. The maximum atomic E-state index is 12.5. The molecule has 0 aliphatic heterocycles. The van der Waals surface area contributed by atoms with Gasteiger partial charge in [-0.3, -0.25) is 14.8 Å². The third-order valence-electron chi connectivity index (χ3n) is 4.36. The lowest BCUT2D eigenvalue weighted by molar-refractivity contribution is -0.0498. The highest BCUT2D eigenvalue weighted by molar-refractivity contribution is 7.14. The van der Waals surface area contributed by atoms with Gasteiger partial charge in [0, 0.05) is 22.8 Å². The third-order valence-corrected chi connectivity index (χ3v) is 5.11. The average molecular weight is 444 g/mol. The highest BCUT2D eigenvalue weighted by atomic mass is 32.1. The molecule has 1 aromatic carbocycles. The van der Waals surface area contributed by atoms with Crippen molar-refractivity contribution in [3.8, 4) is 17.0 Å². The van der Waals surface area contributed by atoms with Gasteiger partial charge in [0.1, 0.15) is 12.4 Å². The second kappa shape index (κ2) is 8.64. The van der Waals surface area contributed by atoms with Crippen LogP contribution in [0.2, 0.25) is 0 Å². The van der Waals surface area contributed by atoms with Crippen LogP contribution in [-0.2, 0) is 6.67 Å². The van der Waals surface area contributed by atoms with Crippen molar-refractivity contribution in [2.24, 2.45) is 0 Å². The Balaban J connectivity index is 1.40. The fraction of sp³-hybridized carbons (Fsp3) is 0.200. The molecule has 31 heavy (non-hydrogen) atoms. The molecule has 1 amide bonds. The molecular weight excluding hydrogens is 426 g/mol. The van der Waals surface area contributed by atoms with E-state index >= 15 is 0 Å². The Morgan fingerprint density at radius 3 is 2.65 bits per heavy atom. The minimum atomic E-state index is -2.87. The molecular formula is C20H18F2N6O2S. The van der Waals surface area contributed by atoms with Crippen LogP contribution in [0.25, 0.3) is 11.3 Å². The zero-order valence-electron chi connectivity index (χ0n) is 16.6. The van der Waals surface area contributed by atoms with Crippen molar-refractivity contribution in [2.45, 2.75) is 27.1 Å². The fourth-order valence-corrected chi connectivity index (χ4v) is 3.66. The Morgan fingerprint density at radius 2 is 1.97 bits per heavy atom. The number of alkyl halides is 2. The minimum Gasteiger partial charge on any atom is -0.435 e. The van der Waals surface area contributed by atoms with Crippen molar-refractivity contribution in [1.29, 1.82) is 0 Å². The molecule has 160 valence electrons. The van der Waals surface area contributed by atoms with Crippen molar-refractivity contribution < 1.29 is 18.3 Å². The second-order valence-electron chi connectivity index (χ2n) is 6.70. The highest BCUT2D eigenvalue weighted by Crippen LogP contribution is 2.27. The molecule has 0 spiro atoms. The van der Waals surface area contributed by atoms with E-state index in [1.807, 2.05) is 19.9 Å². The number of aromatic nitrogens is 5. The first-order valence-electron chi connectivity index (χ1n) is 9.24. The Labute approximate surface area is 180 Å². The predicted molar refractivity (Wildman–Crippen MR) is 111 cm³/mol. The second-order valence-corrected chi connectivity index (χ2v) is 7.56. The number of anilines is 1. The molecule has 0 atom stereocenters. The van der Waals surface area contributed by atoms with Crippen molar-refractivity contribution in [3.63, 3.8) is 0 Å². The van der Waals surface area contributed by atoms with Crippen LogP contribution in [-0.4, -0.2) is 37.1 Å². The van der Waals surface area contributed by atoms with Crippen LogP contribution in [0.5, 0.6) is 5.75 Å². The van der Waals surface area contributed by atoms with Crippen LogP contribution in [0.1, 0.15) is 21.9 Å². The zero-order chi connectivity index (χ0) is 22.0. The van der Waals surface area contributed by atoms with Crippen LogP contribution in [0, 0.1) is 13.8 Å². The molecule has 4 rings (SSSR count). The molecule has 0 fully saturated rings. The van der Waals surface area contributed by atoms with Gasteiger partial charge in [0.2, 0.25) is 0 Å². The predicted octanol–water partition coefficient (Wildman–Crippen LogP) is 4.18. The smallest absolute Gasteiger partial charge is 0.387 e. The standard InChI is InChI=1S/C20H18F2N6O2S/c1-12-9-13(2)28(25-12)11-27-8-7-16(26-27)18(29)24-20-23-17(10-31-20)14-3-5-15(6-4-14)30-19(21)22/h3-10,19H,11H2,1-2H3,(H,23,24,29). The van der Waals surface area contributed by atoms with E-state index in [-0.39, 0.29) is 17.4 Å². The van der Waals surface area contributed by atoms with Gasteiger partial charge < -0.3 is 4.74 Å². The van der Waals surface area contributed by atoms with Crippen molar-refractivity contribution >= 4 is 22.4 Å². The quantitative estimate of drug-likeness (QED) is 0.462. The summed E-state index contributed by atoms with van der Waals surface area (Å²) in [4.78, 5) is 16.9. The number of carbonyl (C=O) groups is 1. The summed E-state index contributed by atoms with van der Waals surface area (Å²) in [7, 11) is 0. The van der Waals surface area contributed by atoms with E-state index in [0.29, 0.717) is 23.1 Å². The van der Waals surface area contributed by atoms with Crippen molar-refractivity contribution in [2.75, 3.05) is 5.32 Å². The minimum absolute atomic E-state index is 0.0681. The summed E-state index contributed by atoms with van der Waals surface area (Å²) in [6.45, 7) is 1.40. The van der Waals surface area contributed by atoms with Crippen molar-refractivity contribution in [3.05, 3.63) is 65.1 Å². The fourth-order valence-electron chi connectivity index (χ4n) is 2.95. The van der Waals surface area contributed by atoms with Gasteiger partial charge in [-0.2, -0.15) is 19.0 Å². The number of hydrogen-bond donors (Lipinski definition) is 1. The first kappa shape index (κ1) is 20.7. The number of amides is 1. The Kier molecular flexibility index (Phi) is 5.76. The number of benzene rings is 1. The number of rotatable bonds is 7. The number of carbonyl (C=O) groups excluding carboxylic acids is 1. The highest BCUT2D eigenvalue weighted by Gasteiger charge is 2.14. The number of thiazole rings is 1. The summed E-state index contributed by atoms with van der Waals surface area (Å²) in [5.74, 6) is -0.313. The lowest BCUT2D eigenvalue weighted by atomic mass is 10.2. The van der Waals surface area contributed by atoms with Gasteiger partial charge in [0.15, 0.2) is 10.8 Å². The largest absolute Gasteiger partial charge is 0.435 e. The van der Waals surface area contributed by atoms with E-state index < -0.39 is 6.61 Å². The van der Waals surface area contributed by atoms with Crippen LogP contribution >= 0.6 is 11.3 Å². The molecule has 0 saturated carbocycles. The molecule has 0 saturated heterocycles. The third kappa shape index (κ3) is 4.94. The normalized spacial score (nSPS) is 11.1. The monoisotopic (exact) mass is 444 g/mol. The number of ether oxygens (including phenoxy) is 1. The molecule has 8 nitrogen and oxygen atoms in total. The van der Waals surface area contributed by atoms with Gasteiger partial charge in [0.25, 0.3) is 5.91 Å². The molecule has 0 radical (unpaired) electrons. The van der Waals surface area contributed by atoms with E-state index in [0.717, 1.165) is 11.4 Å². The van der Waals surface area contributed by atoms with Crippen molar-refractivity contribution in [1.82, 2.24) is 24.5 Å². The summed E-state index contributed by atoms with van der Waals surface area (Å²) in [5.41, 5.74) is 3.50. The van der Waals surface area contributed by atoms with E-state index in [4.69, 9.17) is 0 Å². The summed E-state index contributed by atoms with van der Waals surface area (Å²) in [6, 6.07) is 9.72. The lowest BCUT2D eigenvalue weighted by Gasteiger charge is -2.04. The first-order valence-corrected chi connectivity index (χ1v) is 10.1.